The lowest BCUT2D eigenvalue weighted by molar-refractivity contribution is -0.119. The maximum atomic E-state index is 10.7. The normalized spacial score (nSPS) is 14.8. The van der Waals surface area contributed by atoms with Crippen molar-refractivity contribution < 1.29 is 24.6 Å². The number of carbonyl (C=O) groups excluding carboxylic acids is 1. The van der Waals surface area contributed by atoms with Crippen LogP contribution in [-0.2, 0) is 11.1 Å². The summed E-state index contributed by atoms with van der Waals surface area (Å²) in [5, 5.41) is 28.1. The molecule has 0 bridgehead atoms. The van der Waals surface area contributed by atoms with Crippen molar-refractivity contribution in [3.05, 3.63) is 35.4 Å². The van der Waals surface area contributed by atoms with Crippen molar-refractivity contribution in [2.75, 3.05) is 0 Å². The summed E-state index contributed by atoms with van der Waals surface area (Å²) >= 11 is 0. The first-order chi connectivity index (χ1) is 8.68. The summed E-state index contributed by atoms with van der Waals surface area (Å²) in [6.45, 7) is 4.64. The molecule has 0 spiro atoms. The van der Waals surface area contributed by atoms with Gasteiger partial charge in [0.25, 0.3) is 0 Å². The van der Waals surface area contributed by atoms with Crippen LogP contribution in [0.15, 0.2) is 24.3 Å². The predicted molar refractivity (Wildman–Crippen MR) is 71.5 cm³/mol. The van der Waals surface area contributed by atoms with Gasteiger partial charge >= 0.3 is 7.32 Å². The minimum absolute atomic E-state index is 0.232. The summed E-state index contributed by atoms with van der Waals surface area (Å²) in [5.41, 5.74) is -1.23. The fraction of sp³-hybridized carbons (Fsp3) is 0.462. The average molecular weight is 266 g/mol. The second kappa shape index (κ2) is 5.84. The SMILES string of the molecule is CC(C)(O)C(C)(Cc1cccc(C=O)c1)OB(O)O. The van der Waals surface area contributed by atoms with Crippen molar-refractivity contribution in [3.8, 4) is 0 Å². The fourth-order valence-corrected chi connectivity index (χ4v) is 1.80. The van der Waals surface area contributed by atoms with E-state index < -0.39 is 18.5 Å². The molecule has 0 radical (unpaired) electrons. The van der Waals surface area contributed by atoms with Gasteiger partial charge < -0.3 is 19.8 Å². The maximum Gasteiger partial charge on any atom is 0.634 e. The molecule has 0 heterocycles. The Morgan fingerprint density at radius 2 is 1.95 bits per heavy atom. The zero-order valence-corrected chi connectivity index (χ0v) is 11.3. The van der Waals surface area contributed by atoms with E-state index in [0.29, 0.717) is 5.56 Å². The minimum atomic E-state index is -1.98. The van der Waals surface area contributed by atoms with E-state index in [1.54, 1.807) is 31.2 Å². The largest absolute Gasteiger partial charge is 0.634 e. The van der Waals surface area contributed by atoms with Gasteiger partial charge in [0.05, 0.1) is 11.2 Å². The summed E-state index contributed by atoms with van der Waals surface area (Å²) in [5.74, 6) is 0. The van der Waals surface area contributed by atoms with Crippen LogP contribution in [0, 0.1) is 0 Å². The smallest absolute Gasteiger partial charge is 0.402 e. The summed E-state index contributed by atoms with van der Waals surface area (Å²) in [7, 11) is -1.98. The topological polar surface area (TPSA) is 87.0 Å². The van der Waals surface area contributed by atoms with Gasteiger partial charge in [-0.3, -0.25) is 4.79 Å². The number of carbonyl (C=O) groups is 1. The molecule has 0 saturated carbocycles. The monoisotopic (exact) mass is 266 g/mol. The van der Waals surface area contributed by atoms with Gasteiger partial charge in [-0.2, -0.15) is 0 Å². The standard InChI is InChI=1S/C13H19BO5/c1-12(2,16)13(3,19-14(17)18)8-10-5-4-6-11(7-10)9-15/h4-7,9,16-18H,8H2,1-3H3. The van der Waals surface area contributed by atoms with Crippen LogP contribution in [-0.4, -0.2) is 40.0 Å². The lowest BCUT2D eigenvalue weighted by atomic mass is 9.81. The van der Waals surface area contributed by atoms with E-state index in [9.17, 15) is 9.90 Å². The lowest BCUT2D eigenvalue weighted by Gasteiger charge is -2.40. The van der Waals surface area contributed by atoms with Gasteiger partial charge in [-0.1, -0.05) is 18.2 Å². The van der Waals surface area contributed by atoms with Crippen LogP contribution in [0.4, 0.5) is 0 Å². The van der Waals surface area contributed by atoms with E-state index in [-0.39, 0.29) is 6.42 Å². The average Bonchev–Trinajstić information content (AvgIpc) is 2.26. The van der Waals surface area contributed by atoms with Crippen LogP contribution in [0.2, 0.25) is 0 Å². The molecule has 0 aliphatic heterocycles. The molecule has 0 aliphatic rings. The first-order valence-electron chi connectivity index (χ1n) is 5.98. The van der Waals surface area contributed by atoms with Gasteiger partial charge in [0.2, 0.25) is 0 Å². The molecule has 1 aromatic carbocycles. The second-order valence-corrected chi connectivity index (χ2v) is 5.27. The third-order valence-electron chi connectivity index (χ3n) is 3.29. The van der Waals surface area contributed by atoms with E-state index >= 15 is 0 Å². The molecule has 1 unspecified atom stereocenters. The van der Waals surface area contributed by atoms with E-state index in [4.69, 9.17) is 14.7 Å². The molecule has 5 nitrogen and oxygen atoms in total. The molecular formula is C13H19BO5. The Kier molecular flexibility index (Phi) is 4.87. The lowest BCUT2D eigenvalue weighted by Crippen LogP contribution is -2.54. The molecule has 3 N–H and O–H groups in total. The highest BCUT2D eigenvalue weighted by molar-refractivity contribution is 6.32. The van der Waals surface area contributed by atoms with Crippen LogP contribution in [0.3, 0.4) is 0 Å². The van der Waals surface area contributed by atoms with Gasteiger partial charge in [0.15, 0.2) is 0 Å². The summed E-state index contributed by atoms with van der Waals surface area (Å²) in [4.78, 5) is 10.7. The molecule has 1 atom stereocenters. The van der Waals surface area contributed by atoms with Crippen molar-refractivity contribution in [1.82, 2.24) is 0 Å². The number of aliphatic hydroxyl groups is 1. The van der Waals surface area contributed by atoms with Gasteiger partial charge in [-0.15, -0.1) is 0 Å². The van der Waals surface area contributed by atoms with Crippen LogP contribution in [0.1, 0.15) is 36.7 Å². The van der Waals surface area contributed by atoms with E-state index in [2.05, 4.69) is 0 Å². The highest BCUT2D eigenvalue weighted by Crippen LogP contribution is 2.30. The number of hydrogen-bond acceptors (Lipinski definition) is 5. The Morgan fingerprint density at radius 3 is 2.42 bits per heavy atom. The highest BCUT2D eigenvalue weighted by Gasteiger charge is 2.43. The quantitative estimate of drug-likeness (QED) is 0.517. The predicted octanol–water partition coefficient (Wildman–Crippen LogP) is 0.557. The molecule has 0 fully saturated rings. The Bertz CT molecular complexity index is 441. The number of hydrogen-bond donors (Lipinski definition) is 3. The molecule has 0 saturated heterocycles. The Hall–Kier alpha value is -1.21. The molecule has 104 valence electrons. The third kappa shape index (κ3) is 4.14. The Morgan fingerprint density at radius 1 is 1.32 bits per heavy atom. The molecule has 1 aromatic rings. The molecule has 19 heavy (non-hydrogen) atoms. The number of aldehydes is 1. The van der Waals surface area contributed by atoms with E-state index in [0.717, 1.165) is 11.8 Å². The highest BCUT2D eigenvalue weighted by atomic mass is 16.6. The molecule has 1 rings (SSSR count). The second-order valence-electron chi connectivity index (χ2n) is 5.27. The summed E-state index contributed by atoms with van der Waals surface area (Å²) in [6.07, 6.45) is 0.961. The van der Waals surface area contributed by atoms with Crippen molar-refractivity contribution in [3.63, 3.8) is 0 Å². The minimum Gasteiger partial charge on any atom is -0.402 e. The van der Waals surface area contributed by atoms with Crippen molar-refractivity contribution in [2.24, 2.45) is 0 Å². The fourth-order valence-electron chi connectivity index (χ4n) is 1.80. The van der Waals surface area contributed by atoms with Crippen molar-refractivity contribution >= 4 is 13.6 Å². The Balaban J connectivity index is 3.03. The van der Waals surface area contributed by atoms with E-state index in [1.165, 1.54) is 13.8 Å². The van der Waals surface area contributed by atoms with Gasteiger partial charge in [-0.05, 0) is 32.4 Å². The summed E-state index contributed by atoms with van der Waals surface area (Å²) < 4.78 is 5.05. The summed E-state index contributed by atoms with van der Waals surface area (Å²) in [6, 6.07) is 6.84. The van der Waals surface area contributed by atoms with Gasteiger partial charge in [0.1, 0.15) is 6.29 Å². The number of benzene rings is 1. The Labute approximate surface area is 113 Å². The third-order valence-corrected chi connectivity index (χ3v) is 3.29. The van der Waals surface area contributed by atoms with Crippen LogP contribution in [0.5, 0.6) is 0 Å². The molecular weight excluding hydrogens is 247 g/mol. The molecule has 6 heteroatoms. The maximum absolute atomic E-state index is 10.7. The van der Waals surface area contributed by atoms with Crippen molar-refractivity contribution in [1.29, 1.82) is 0 Å². The van der Waals surface area contributed by atoms with Gasteiger partial charge in [-0.25, -0.2) is 0 Å². The van der Waals surface area contributed by atoms with E-state index in [1.807, 2.05) is 0 Å². The van der Waals surface area contributed by atoms with Crippen molar-refractivity contribution in [2.45, 2.75) is 38.4 Å². The van der Waals surface area contributed by atoms with Crippen LogP contribution < -0.4 is 0 Å². The zero-order valence-electron chi connectivity index (χ0n) is 11.3. The van der Waals surface area contributed by atoms with Crippen LogP contribution >= 0.6 is 0 Å². The van der Waals surface area contributed by atoms with Gasteiger partial charge in [0, 0.05) is 12.0 Å². The first-order valence-corrected chi connectivity index (χ1v) is 5.98. The molecule has 0 aromatic heterocycles. The first kappa shape index (κ1) is 15.9. The van der Waals surface area contributed by atoms with Crippen LogP contribution in [0.25, 0.3) is 0 Å². The molecule has 0 amide bonds. The molecule has 0 aliphatic carbocycles. The zero-order chi connectivity index (χ0) is 14.7. The number of rotatable bonds is 6.